The van der Waals surface area contributed by atoms with Crippen molar-refractivity contribution in [2.45, 2.75) is 52.8 Å². The Balaban J connectivity index is 2.67. The third-order valence-corrected chi connectivity index (χ3v) is 4.25. The van der Waals surface area contributed by atoms with Crippen molar-refractivity contribution in [1.29, 1.82) is 0 Å². The smallest absolute Gasteiger partial charge is 0.408 e. The highest BCUT2D eigenvalue weighted by molar-refractivity contribution is 5.91. The highest BCUT2D eigenvalue weighted by Gasteiger charge is 2.30. The fourth-order valence-electron chi connectivity index (χ4n) is 2.40. The van der Waals surface area contributed by atoms with Gasteiger partial charge in [0.05, 0.1) is 0 Å². The lowest BCUT2D eigenvalue weighted by Gasteiger charge is -2.26. The minimum absolute atomic E-state index is 0.103. The third kappa shape index (κ3) is 6.74. The molecule has 0 heterocycles. The fraction of sp³-hybridized carbons (Fsp3) is 0.526. The van der Waals surface area contributed by atoms with Crippen molar-refractivity contribution in [2.75, 3.05) is 0 Å². The number of nitrogens with two attached hydrogens (primary N) is 1. The average molecular weight is 363 g/mol. The molecule has 0 bridgehead atoms. The van der Waals surface area contributed by atoms with E-state index >= 15 is 0 Å². The summed E-state index contributed by atoms with van der Waals surface area (Å²) in [4.78, 5) is 36.2. The van der Waals surface area contributed by atoms with Crippen LogP contribution in [0.25, 0.3) is 0 Å². The van der Waals surface area contributed by atoms with Crippen LogP contribution >= 0.6 is 0 Å². The number of amides is 3. The van der Waals surface area contributed by atoms with Crippen LogP contribution in [0, 0.1) is 11.8 Å². The molecule has 0 unspecified atom stereocenters. The number of hydrogen-bond donors (Lipinski definition) is 3. The molecule has 3 amide bonds. The highest BCUT2D eigenvalue weighted by Crippen LogP contribution is 2.10. The summed E-state index contributed by atoms with van der Waals surface area (Å²) in [6.45, 7) is 7.44. The van der Waals surface area contributed by atoms with Crippen molar-refractivity contribution in [3.05, 3.63) is 35.9 Å². The summed E-state index contributed by atoms with van der Waals surface area (Å²) in [7, 11) is 0. The van der Waals surface area contributed by atoms with E-state index in [1.165, 1.54) is 0 Å². The van der Waals surface area contributed by atoms with Crippen LogP contribution in [0.4, 0.5) is 4.79 Å². The first-order valence-corrected chi connectivity index (χ1v) is 8.83. The molecule has 0 spiro atoms. The SMILES string of the molecule is CC[C@H](C)[C@H](NC(=O)[C@@H](NC(=O)OCc1ccccc1)C(C)C)C(N)=O. The Bertz CT molecular complexity index is 604. The summed E-state index contributed by atoms with van der Waals surface area (Å²) in [5, 5.41) is 5.21. The summed E-state index contributed by atoms with van der Waals surface area (Å²) < 4.78 is 5.16. The van der Waals surface area contributed by atoms with Gasteiger partial charge in [0.2, 0.25) is 11.8 Å². The second kappa shape index (κ2) is 10.4. The van der Waals surface area contributed by atoms with Gasteiger partial charge in [-0.25, -0.2) is 4.79 Å². The van der Waals surface area contributed by atoms with Gasteiger partial charge in [-0.15, -0.1) is 0 Å². The average Bonchev–Trinajstić information content (AvgIpc) is 2.61. The Hall–Kier alpha value is -2.57. The second-order valence-corrected chi connectivity index (χ2v) is 6.70. The number of nitrogens with one attached hydrogen (secondary N) is 2. The molecular formula is C19H29N3O4. The van der Waals surface area contributed by atoms with Crippen LogP contribution in [0.5, 0.6) is 0 Å². The first kappa shape index (κ1) is 21.5. The van der Waals surface area contributed by atoms with Crippen LogP contribution in [-0.2, 0) is 20.9 Å². The number of carbonyl (C=O) groups excluding carboxylic acids is 3. The molecule has 1 aromatic rings. The van der Waals surface area contributed by atoms with Gasteiger partial charge in [0, 0.05) is 0 Å². The Kier molecular flexibility index (Phi) is 8.61. The van der Waals surface area contributed by atoms with E-state index in [2.05, 4.69) is 10.6 Å². The van der Waals surface area contributed by atoms with Crippen molar-refractivity contribution in [3.8, 4) is 0 Å². The number of rotatable bonds is 9. The van der Waals surface area contributed by atoms with Crippen molar-refractivity contribution in [3.63, 3.8) is 0 Å². The standard InChI is InChI=1S/C19H29N3O4/c1-5-13(4)16(17(20)23)21-18(24)15(12(2)3)22-19(25)26-11-14-9-7-6-8-10-14/h6-10,12-13,15-16H,5,11H2,1-4H3,(H2,20,23)(H,21,24)(H,22,25)/t13-,15-,16-/m0/s1. The number of carbonyl (C=O) groups is 3. The second-order valence-electron chi connectivity index (χ2n) is 6.70. The minimum Gasteiger partial charge on any atom is -0.445 e. The topological polar surface area (TPSA) is 111 Å². The largest absolute Gasteiger partial charge is 0.445 e. The van der Waals surface area contributed by atoms with Crippen LogP contribution in [0.15, 0.2) is 30.3 Å². The lowest BCUT2D eigenvalue weighted by atomic mass is 9.97. The molecule has 3 atom stereocenters. The van der Waals surface area contributed by atoms with Crippen molar-refractivity contribution in [2.24, 2.45) is 17.6 Å². The van der Waals surface area contributed by atoms with Gasteiger partial charge < -0.3 is 21.1 Å². The zero-order valence-electron chi connectivity index (χ0n) is 15.8. The predicted molar refractivity (Wildman–Crippen MR) is 99.0 cm³/mol. The molecular weight excluding hydrogens is 334 g/mol. The Morgan fingerprint density at radius 3 is 2.15 bits per heavy atom. The molecule has 0 aromatic heterocycles. The van der Waals surface area contributed by atoms with E-state index in [1.54, 1.807) is 13.8 Å². The zero-order valence-corrected chi connectivity index (χ0v) is 15.8. The van der Waals surface area contributed by atoms with Crippen LogP contribution in [0.1, 0.15) is 39.7 Å². The number of ether oxygens (including phenoxy) is 1. The molecule has 0 radical (unpaired) electrons. The maximum atomic E-state index is 12.5. The van der Waals surface area contributed by atoms with Gasteiger partial charge in [0.25, 0.3) is 0 Å². The zero-order chi connectivity index (χ0) is 19.7. The summed E-state index contributed by atoms with van der Waals surface area (Å²) in [6, 6.07) is 7.63. The van der Waals surface area contributed by atoms with Crippen LogP contribution < -0.4 is 16.4 Å². The van der Waals surface area contributed by atoms with Gasteiger partial charge >= 0.3 is 6.09 Å². The number of alkyl carbamates (subject to hydrolysis) is 1. The summed E-state index contributed by atoms with van der Waals surface area (Å²) in [6.07, 6.45) is -0.00544. The predicted octanol–water partition coefficient (Wildman–Crippen LogP) is 1.95. The molecule has 4 N–H and O–H groups in total. The van der Waals surface area contributed by atoms with E-state index < -0.39 is 30.0 Å². The molecule has 144 valence electrons. The van der Waals surface area contributed by atoms with E-state index in [0.29, 0.717) is 6.42 Å². The van der Waals surface area contributed by atoms with Crippen molar-refractivity contribution >= 4 is 17.9 Å². The highest BCUT2D eigenvalue weighted by atomic mass is 16.5. The quantitative estimate of drug-likeness (QED) is 0.623. The molecule has 26 heavy (non-hydrogen) atoms. The molecule has 1 aromatic carbocycles. The maximum Gasteiger partial charge on any atom is 0.408 e. The molecule has 0 fully saturated rings. The summed E-state index contributed by atoms with van der Waals surface area (Å²) >= 11 is 0. The van der Waals surface area contributed by atoms with Gasteiger partial charge in [-0.05, 0) is 17.4 Å². The molecule has 0 saturated carbocycles. The molecule has 0 aliphatic rings. The van der Waals surface area contributed by atoms with E-state index in [1.807, 2.05) is 44.2 Å². The van der Waals surface area contributed by atoms with Crippen LogP contribution in [0.3, 0.4) is 0 Å². The Morgan fingerprint density at radius 2 is 1.65 bits per heavy atom. The van der Waals surface area contributed by atoms with E-state index in [0.717, 1.165) is 5.56 Å². The lowest BCUT2D eigenvalue weighted by Crippen LogP contribution is -2.56. The van der Waals surface area contributed by atoms with Gasteiger partial charge in [-0.2, -0.15) is 0 Å². The molecule has 7 nitrogen and oxygen atoms in total. The van der Waals surface area contributed by atoms with Gasteiger partial charge in [0.1, 0.15) is 18.7 Å². The van der Waals surface area contributed by atoms with Crippen molar-refractivity contribution < 1.29 is 19.1 Å². The van der Waals surface area contributed by atoms with Crippen LogP contribution in [0.2, 0.25) is 0 Å². The molecule has 0 aliphatic carbocycles. The first-order valence-electron chi connectivity index (χ1n) is 8.83. The van der Waals surface area contributed by atoms with Crippen molar-refractivity contribution in [1.82, 2.24) is 10.6 Å². The van der Waals surface area contributed by atoms with E-state index in [9.17, 15) is 14.4 Å². The lowest BCUT2D eigenvalue weighted by molar-refractivity contribution is -0.130. The maximum absolute atomic E-state index is 12.5. The van der Waals surface area contributed by atoms with E-state index in [4.69, 9.17) is 10.5 Å². The van der Waals surface area contributed by atoms with Gasteiger partial charge in [0.15, 0.2) is 0 Å². The van der Waals surface area contributed by atoms with Gasteiger partial charge in [-0.1, -0.05) is 64.4 Å². The normalized spacial score (nSPS) is 14.2. The van der Waals surface area contributed by atoms with Crippen LogP contribution in [-0.4, -0.2) is 30.0 Å². The number of hydrogen-bond acceptors (Lipinski definition) is 4. The molecule has 7 heteroatoms. The number of benzene rings is 1. The molecule has 0 saturated heterocycles. The Labute approximate surface area is 154 Å². The fourth-order valence-corrected chi connectivity index (χ4v) is 2.40. The van der Waals surface area contributed by atoms with E-state index in [-0.39, 0.29) is 18.4 Å². The monoisotopic (exact) mass is 363 g/mol. The number of primary amides is 1. The molecule has 1 rings (SSSR count). The van der Waals surface area contributed by atoms with Gasteiger partial charge in [-0.3, -0.25) is 9.59 Å². The molecule has 0 aliphatic heterocycles. The Morgan fingerprint density at radius 1 is 1.04 bits per heavy atom. The third-order valence-electron chi connectivity index (χ3n) is 4.25. The first-order chi connectivity index (χ1) is 12.3. The summed E-state index contributed by atoms with van der Waals surface area (Å²) in [5.74, 6) is -1.35. The summed E-state index contributed by atoms with van der Waals surface area (Å²) in [5.41, 5.74) is 6.23. The minimum atomic E-state index is -0.829.